The van der Waals surface area contributed by atoms with Crippen molar-refractivity contribution in [3.63, 3.8) is 0 Å². The number of hydrogen-bond acceptors (Lipinski definition) is 10. The summed E-state index contributed by atoms with van der Waals surface area (Å²) in [6.07, 6.45) is 3.19. The first-order valence-corrected chi connectivity index (χ1v) is 12.4. The van der Waals surface area contributed by atoms with E-state index in [2.05, 4.69) is 37.1 Å². The van der Waals surface area contributed by atoms with E-state index in [1.165, 1.54) is 28.4 Å². The van der Waals surface area contributed by atoms with Gasteiger partial charge in [0.15, 0.2) is 18.0 Å². The van der Waals surface area contributed by atoms with Gasteiger partial charge < -0.3 is 19.9 Å². The molecular formula is C24H27FN8O3S. The van der Waals surface area contributed by atoms with Crippen LogP contribution in [0, 0.1) is 10.1 Å². The van der Waals surface area contributed by atoms with Crippen LogP contribution < -0.4 is 15.0 Å². The van der Waals surface area contributed by atoms with E-state index in [0.29, 0.717) is 11.1 Å². The standard InChI is InChI=1S/C22H21FN8O3S.C2H6/c1-28-9-11-29(12-10-28)19-6-5-15(14-24-19)25-22-26-20-18(7-8-30(20)35-23)21(27-22)34-17-4-2-3-16(13-17)31(32)33;1-2/h2-8,13-14H,9-12H2,1H3,(H,25,26,27);1-2H3. The third-order valence-corrected chi connectivity index (χ3v) is 6.07. The van der Waals surface area contributed by atoms with E-state index < -0.39 is 4.92 Å². The first-order valence-electron chi connectivity index (χ1n) is 11.8. The summed E-state index contributed by atoms with van der Waals surface area (Å²) in [6, 6.07) is 11.2. The molecule has 0 radical (unpaired) electrons. The molecule has 0 saturated carbocycles. The summed E-state index contributed by atoms with van der Waals surface area (Å²) in [5, 5.41) is 14.7. The molecule has 5 rings (SSSR count). The number of hydrogen-bond donors (Lipinski definition) is 1. The van der Waals surface area contributed by atoms with Crippen molar-refractivity contribution < 1.29 is 13.5 Å². The van der Waals surface area contributed by atoms with Crippen LogP contribution in [0.15, 0.2) is 54.9 Å². The molecule has 4 aromatic rings. The van der Waals surface area contributed by atoms with Gasteiger partial charge in [0.05, 0.1) is 28.3 Å². The smallest absolute Gasteiger partial charge is 0.273 e. The zero-order valence-corrected chi connectivity index (χ0v) is 21.5. The van der Waals surface area contributed by atoms with Crippen molar-refractivity contribution in [2.75, 3.05) is 43.4 Å². The van der Waals surface area contributed by atoms with Gasteiger partial charge >= 0.3 is 0 Å². The molecule has 13 heteroatoms. The fraction of sp³-hybridized carbons (Fsp3) is 0.292. The van der Waals surface area contributed by atoms with Crippen LogP contribution in [0.2, 0.25) is 0 Å². The van der Waals surface area contributed by atoms with Crippen LogP contribution in [0.3, 0.4) is 0 Å². The number of fused-ring (bicyclic) bond motifs is 1. The summed E-state index contributed by atoms with van der Waals surface area (Å²) in [7, 11) is 2.10. The molecule has 1 saturated heterocycles. The highest BCUT2D eigenvalue weighted by atomic mass is 32.2. The summed E-state index contributed by atoms with van der Waals surface area (Å²) < 4.78 is 20.6. The van der Waals surface area contributed by atoms with Crippen LogP contribution in [-0.4, -0.2) is 62.0 Å². The normalized spacial score (nSPS) is 13.7. The van der Waals surface area contributed by atoms with Crippen LogP contribution in [-0.2, 0) is 0 Å². The molecule has 1 aromatic carbocycles. The second-order valence-electron chi connectivity index (χ2n) is 7.98. The number of nitro groups is 1. The Balaban J connectivity index is 0.00000156. The van der Waals surface area contributed by atoms with Gasteiger partial charge in [-0.3, -0.25) is 10.1 Å². The monoisotopic (exact) mass is 526 g/mol. The number of pyridine rings is 1. The van der Waals surface area contributed by atoms with Gasteiger partial charge in [-0.15, -0.1) is 3.89 Å². The van der Waals surface area contributed by atoms with Crippen LogP contribution in [0.5, 0.6) is 11.6 Å². The molecule has 0 amide bonds. The molecule has 4 heterocycles. The van der Waals surface area contributed by atoms with Gasteiger partial charge in [0, 0.05) is 38.4 Å². The largest absolute Gasteiger partial charge is 0.438 e. The van der Waals surface area contributed by atoms with Crippen molar-refractivity contribution in [3.8, 4) is 11.6 Å². The van der Waals surface area contributed by atoms with Gasteiger partial charge in [0.1, 0.15) is 11.6 Å². The average molecular weight is 527 g/mol. The summed E-state index contributed by atoms with van der Waals surface area (Å²) in [6.45, 7) is 7.78. The SMILES string of the molecule is CC.CN1CCN(c2ccc(Nc3nc(Oc4cccc([N+](=O)[O-])c4)c4ccn(SF)c4n3)cn2)CC1. The number of nitro benzene ring substituents is 1. The summed E-state index contributed by atoms with van der Waals surface area (Å²) in [5.74, 6) is 1.41. The van der Waals surface area contributed by atoms with E-state index in [4.69, 9.17) is 4.74 Å². The summed E-state index contributed by atoms with van der Waals surface area (Å²) in [5.41, 5.74) is 0.821. The van der Waals surface area contributed by atoms with E-state index >= 15 is 0 Å². The average Bonchev–Trinajstić information content (AvgIpc) is 3.34. The Labute approximate surface area is 217 Å². The number of ether oxygens (including phenoxy) is 1. The van der Waals surface area contributed by atoms with Gasteiger partial charge in [-0.05, 0) is 31.3 Å². The number of halogens is 1. The zero-order chi connectivity index (χ0) is 26.4. The number of nitrogens with one attached hydrogen (secondary N) is 1. The third kappa shape index (κ3) is 6.06. The quantitative estimate of drug-likeness (QED) is 0.247. The van der Waals surface area contributed by atoms with Gasteiger partial charge in [-0.2, -0.15) is 9.97 Å². The lowest BCUT2D eigenvalue weighted by Gasteiger charge is -2.33. The van der Waals surface area contributed by atoms with Gasteiger partial charge in [0.25, 0.3) is 5.69 Å². The highest BCUT2D eigenvalue weighted by Crippen LogP contribution is 2.33. The highest BCUT2D eigenvalue weighted by Gasteiger charge is 2.17. The molecular weight excluding hydrogens is 499 g/mol. The zero-order valence-electron chi connectivity index (χ0n) is 20.7. The molecule has 1 fully saturated rings. The van der Waals surface area contributed by atoms with Crippen molar-refractivity contribution in [1.82, 2.24) is 23.8 Å². The van der Waals surface area contributed by atoms with Crippen LogP contribution in [0.25, 0.3) is 11.0 Å². The Morgan fingerprint density at radius 1 is 1.11 bits per heavy atom. The van der Waals surface area contributed by atoms with Crippen LogP contribution >= 0.6 is 12.3 Å². The molecule has 0 unspecified atom stereocenters. The summed E-state index contributed by atoms with van der Waals surface area (Å²) in [4.78, 5) is 28.5. The van der Waals surface area contributed by atoms with Gasteiger partial charge in [-0.1, -0.05) is 19.9 Å². The second kappa shape index (κ2) is 11.8. The Morgan fingerprint density at radius 3 is 2.57 bits per heavy atom. The fourth-order valence-electron chi connectivity index (χ4n) is 3.74. The Hall–Kier alpha value is -3.97. The maximum atomic E-state index is 13.5. The minimum absolute atomic E-state index is 0.00834. The number of rotatable bonds is 7. The van der Waals surface area contributed by atoms with Gasteiger partial charge in [-0.25, -0.2) is 8.96 Å². The number of nitrogens with zero attached hydrogens (tertiary/aromatic N) is 7. The second-order valence-corrected chi connectivity index (χ2v) is 8.51. The molecule has 3 aromatic heterocycles. The number of likely N-dealkylation sites (N-methyl/N-ethyl adjacent to an activating group) is 1. The predicted octanol–water partition coefficient (Wildman–Crippen LogP) is 5.43. The van der Waals surface area contributed by atoms with E-state index in [0.717, 1.165) is 32.0 Å². The number of non-ortho nitro benzene ring substituents is 1. The molecule has 1 N–H and O–H groups in total. The molecule has 0 bridgehead atoms. The van der Waals surface area contributed by atoms with Crippen molar-refractivity contribution in [2.45, 2.75) is 13.8 Å². The molecule has 0 atom stereocenters. The van der Waals surface area contributed by atoms with Crippen LogP contribution in [0.4, 0.5) is 27.0 Å². The topological polar surface area (TPSA) is 114 Å². The van der Waals surface area contributed by atoms with Crippen molar-refractivity contribution in [1.29, 1.82) is 0 Å². The van der Waals surface area contributed by atoms with Crippen molar-refractivity contribution >= 4 is 46.5 Å². The van der Waals surface area contributed by atoms with E-state index in [-0.39, 0.29) is 41.2 Å². The lowest BCUT2D eigenvalue weighted by molar-refractivity contribution is -0.384. The molecule has 1 aliphatic heterocycles. The lowest BCUT2D eigenvalue weighted by Crippen LogP contribution is -2.44. The fourth-order valence-corrected chi connectivity index (χ4v) is 4.05. The number of piperazine rings is 1. The maximum Gasteiger partial charge on any atom is 0.273 e. The van der Waals surface area contributed by atoms with Gasteiger partial charge in [0.2, 0.25) is 11.8 Å². The van der Waals surface area contributed by atoms with Crippen molar-refractivity contribution in [3.05, 3.63) is 65.0 Å². The molecule has 0 aliphatic carbocycles. The molecule has 37 heavy (non-hydrogen) atoms. The third-order valence-electron chi connectivity index (χ3n) is 5.62. The number of aromatic nitrogens is 4. The Kier molecular flexibility index (Phi) is 8.36. The highest BCUT2D eigenvalue weighted by molar-refractivity contribution is 7.92. The molecule has 0 spiro atoms. The first kappa shape index (κ1) is 26.1. The lowest BCUT2D eigenvalue weighted by atomic mass is 10.3. The maximum absolute atomic E-state index is 13.5. The minimum Gasteiger partial charge on any atom is -0.438 e. The summed E-state index contributed by atoms with van der Waals surface area (Å²) >= 11 is -0.00834. The molecule has 194 valence electrons. The Bertz CT molecular complexity index is 1360. The molecule has 11 nitrogen and oxygen atoms in total. The van der Waals surface area contributed by atoms with Crippen LogP contribution in [0.1, 0.15) is 13.8 Å². The van der Waals surface area contributed by atoms with E-state index in [9.17, 15) is 14.0 Å². The predicted molar refractivity (Wildman–Crippen MR) is 143 cm³/mol. The Morgan fingerprint density at radius 2 is 1.89 bits per heavy atom. The minimum atomic E-state index is -0.509. The van der Waals surface area contributed by atoms with E-state index in [1.807, 2.05) is 26.0 Å². The van der Waals surface area contributed by atoms with Crippen molar-refractivity contribution in [2.24, 2.45) is 0 Å². The number of benzene rings is 1. The number of anilines is 3. The van der Waals surface area contributed by atoms with E-state index in [1.54, 1.807) is 18.3 Å². The first-order chi connectivity index (χ1) is 18.0. The molecule has 1 aliphatic rings.